The van der Waals surface area contributed by atoms with E-state index in [-0.39, 0.29) is 37.6 Å². The predicted octanol–water partition coefficient (Wildman–Crippen LogP) is 4.39. The first-order valence-corrected chi connectivity index (χ1v) is 10.9. The van der Waals surface area contributed by atoms with Crippen molar-refractivity contribution < 1.29 is 47.6 Å². The van der Waals surface area contributed by atoms with E-state index in [9.17, 15) is 19.2 Å². The SMILES string of the molecule is C=COC(=O)CCOc1ccc(OC(=O)c2ccc(OC(=O)OCCCCOC(=O)C=C)cc2)cc1. The second-order valence-corrected chi connectivity index (χ2v) is 6.92. The maximum absolute atomic E-state index is 12.3. The molecule has 0 fully saturated rings. The number of carbonyl (C=O) groups is 4. The molecule has 10 nitrogen and oxygen atoms in total. The van der Waals surface area contributed by atoms with Gasteiger partial charge in [0.1, 0.15) is 17.2 Å². The van der Waals surface area contributed by atoms with Crippen LogP contribution in [0.3, 0.4) is 0 Å². The molecule has 0 saturated heterocycles. The number of carbonyl (C=O) groups excluding carboxylic acids is 4. The van der Waals surface area contributed by atoms with E-state index in [0.29, 0.717) is 24.3 Å². The van der Waals surface area contributed by atoms with E-state index in [1.165, 1.54) is 24.3 Å². The molecule has 0 radical (unpaired) electrons. The Bertz CT molecular complexity index is 1040. The van der Waals surface area contributed by atoms with E-state index in [0.717, 1.165) is 12.3 Å². The minimum absolute atomic E-state index is 0.0647. The monoisotopic (exact) mass is 498 g/mol. The molecular weight excluding hydrogens is 472 g/mol. The lowest BCUT2D eigenvalue weighted by molar-refractivity contribution is -0.139. The van der Waals surface area contributed by atoms with Gasteiger partial charge < -0.3 is 28.4 Å². The van der Waals surface area contributed by atoms with E-state index in [2.05, 4.69) is 17.9 Å². The van der Waals surface area contributed by atoms with Gasteiger partial charge in [-0.15, -0.1) is 0 Å². The first-order valence-electron chi connectivity index (χ1n) is 10.9. The molecule has 0 aliphatic rings. The van der Waals surface area contributed by atoms with E-state index < -0.39 is 24.1 Å². The van der Waals surface area contributed by atoms with Crippen LogP contribution in [0, 0.1) is 0 Å². The fourth-order valence-electron chi connectivity index (χ4n) is 2.55. The van der Waals surface area contributed by atoms with Crippen LogP contribution in [0.4, 0.5) is 4.79 Å². The number of ether oxygens (including phenoxy) is 6. The average molecular weight is 498 g/mol. The summed E-state index contributed by atoms with van der Waals surface area (Å²) in [7, 11) is 0. The van der Waals surface area contributed by atoms with Gasteiger partial charge in [-0.2, -0.15) is 0 Å². The van der Waals surface area contributed by atoms with Gasteiger partial charge in [0.15, 0.2) is 0 Å². The fourth-order valence-corrected chi connectivity index (χ4v) is 2.55. The van der Waals surface area contributed by atoms with Crippen LogP contribution in [0.2, 0.25) is 0 Å². The lowest BCUT2D eigenvalue weighted by Crippen LogP contribution is -2.12. The average Bonchev–Trinajstić information content (AvgIpc) is 2.87. The molecule has 0 spiro atoms. The summed E-state index contributed by atoms with van der Waals surface area (Å²) in [6.07, 6.45) is 2.30. The maximum Gasteiger partial charge on any atom is 0.513 e. The molecule has 0 aromatic heterocycles. The summed E-state index contributed by atoms with van der Waals surface area (Å²) in [4.78, 5) is 46.2. The van der Waals surface area contributed by atoms with Crippen molar-refractivity contribution >= 4 is 24.1 Å². The van der Waals surface area contributed by atoms with Crippen molar-refractivity contribution in [2.45, 2.75) is 19.3 Å². The molecule has 0 amide bonds. The molecule has 0 unspecified atom stereocenters. The maximum atomic E-state index is 12.3. The van der Waals surface area contributed by atoms with Gasteiger partial charge in [-0.3, -0.25) is 4.79 Å². The molecule has 2 rings (SSSR count). The summed E-state index contributed by atoms with van der Waals surface area (Å²) in [6.45, 7) is 7.01. The Morgan fingerprint density at radius 2 is 1.31 bits per heavy atom. The third-order valence-corrected chi connectivity index (χ3v) is 4.28. The van der Waals surface area contributed by atoms with Gasteiger partial charge in [0.25, 0.3) is 0 Å². The second kappa shape index (κ2) is 15.3. The smallest absolute Gasteiger partial charge is 0.493 e. The molecule has 0 aliphatic carbocycles. The highest BCUT2D eigenvalue weighted by atomic mass is 16.7. The number of rotatable bonds is 14. The zero-order chi connectivity index (χ0) is 26.2. The summed E-state index contributed by atoms with van der Waals surface area (Å²) >= 11 is 0. The normalized spacial score (nSPS) is 9.89. The summed E-state index contributed by atoms with van der Waals surface area (Å²) in [5.74, 6) is -0.596. The Labute approximate surface area is 208 Å². The van der Waals surface area contributed by atoms with Crippen molar-refractivity contribution in [1.82, 2.24) is 0 Å². The molecule has 0 atom stereocenters. The number of esters is 3. The van der Waals surface area contributed by atoms with Crippen LogP contribution in [0.1, 0.15) is 29.6 Å². The lowest BCUT2D eigenvalue weighted by Gasteiger charge is -2.08. The van der Waals surface area contributed by atoms with Crippen LogP contribution in [-0.2, 0) is 23.8 Å². The number of unbranched alkanes of at least 4 members (excludes halogenated alkanes) is 1. The molecule has 0 N–H and O–H groups in total. The van der Waals surface area contributed by atoms with Gasteiger partial charge in [0.2, 0.25) is 0 Å². The lowest BCUT2D eigenvalue weighted by atomic mass is 10.2. The summed E-state index contributed by atoms with van der Waals surface area (Å²) in [5.41, 5.74) is 0.242. The van der Waals surface area contributed by atoms with Crippen molar-refractivity contribution in [3.8, 4) is 17.2 Å². The van der Waals surface area contributed by atoms with Crippen molar-refractivity contribution in [3.05, 3.63) is 79.6 Å². The van der Waals surface area contributed by atoms with Gasteiger partial charge in [-0.1, -0.05) is 13.2 Å². The standard InChI is InChI=1S/C26H26O10/c1-3-23(27)33-16-5-6-17-34-26(30)36-22-9-7-19(8-10-22)25(29)35-21-13-11-20(12-14-21)32-18-15-24(28)31-4-2/h3-4,7-14H,1-2,5-6,15-18H2. The number of hydrogen-bond donors (Lipinski definition) is 0. The van der Waals surface area contributed by atoms with Crippen LogP contribution in [-0.4, -0.2) is 43.9 Å². The van der Waals surface area contributed by atoms with Crippen LogP contribution in [0.25, 0.3) is 0 Å². The van der Waals surface area contributed by atoms with Crippen LogP contribution in [0.5, 0.6) is 17.2 Å². The predicted molar refractivity (Wildman–Crippen MR) is 127 cm³/mol. The minimum Gasteiger partial charge on any atom is -0.493 e. The Morgan fingerprint density at radius 3 is 1.94 bits per heavy atom. The van der Waals surface area contributed by atoms with Gasteiger partial charge in [0.05, 0.1) is 38.1 Å². The Kier molecular flexibility index (Phi) is 11.8. The molecule has 0 heterocycles. The molecule has 0 aliphatic heterocycles. The van der Waals surface area contributed by atoms with Crippen LogP contribution in [0.15, 0.2) is 74.0 Å². The zero-order valence-corrected chi connectivity index (χ0v) is 19.5. The molecule has 0 bridgehead atoms. The Morgan fingerprint density at radius 1 is 0.722 bits per heavy atom. The fraction of sp³-hybridized carbons (Fsp3) is 0.231. The van der Waals surface area contributed by atoms with E-state index in [4.69, 9.17) is 23.7 Å². The van der Waals surface area contributed by atoms with Crippen LogP contribution < -0.4 is 14.2 Å². The van der Waals surface area contributed by atoms with E-state index >= 15 is 0 Å². The molecule has 2 aromatic carbocycles. The van der Waals surface area contributed by atoms with Crippen molar-refractivity contribution in [2.75, 3.05) is 19.8 Å². The van der Waals surface area contributed by atoms with Gasteiger partial charge >= 0.3 is 24.1 Å². The van der Waals surface area contributed by atoms with E-state index in [1.807, 2.05) is 0 Å². The quantitative estimate of drug-likeness (QED) is 0.0705. The van der Waals surface area contributed by atoms with Crippen molar-refractivity contribution in [3.63, 3.8) is 0 Å². The molecule has 2 aromatic rings. The summed E-state index contributed by atoms with van der Waals surface area (Å²) < 4.78 is 30.1. The number of hydrogen-bond acceptors (Lipinski definition) is 10. The Hall–Kier alpha value is -4.60. The molecule has 10 heteroatoms. The van der Waals surface area contributed by atoms with Gasteiger partial charge in [0, 0.05) is 6.08 Å². The number of benzene rings is 2. The largest absolute Gasteiger partial charge is 0.513 e. The third kappa shape index (κ3) is 10.6. The third-order valence-electron chi connectivity index (χ3n) is 4.28. The molecule has 0 saturated carbocycles. The van der Waals surface area contributed by atoms with E-state index in [1.54, 1.807) is 24.3 Å². The molecule has 36 heavy (non-hydrogen) atoms. The van der Waals surface area contributed by atoms with Crippen molar-refractivity contribution in [2.24, 2.45) is 0 Å². The summed E-state index contributed by atoms with van der Waals surface area (Å²) in [6, 6.07) is 12.0. The topological polar surface area (TPSA) is 124 Å². The molecular formula is C26H26O10. The molecule has 190 valence electrons. The Balaban J connectivity index is 1.71. The van der Waals surface area contributed by atoms with Crippen LogP contribution >= 0.6 is 0 Å². The van der Waals surface area contributed by atoms with Gasteiger partial charge in [-0.25, -0.2) is 14.4 Å². The highest BCUT2D eigenvalue weighted by molar-refractivity contribution is 5.91. The summed E-state index contributed by atoms with van der Waals surface area (Å²) in [5, 5.41) is 0. The second-order valence-electron chi connectivity index (χ2n) is 6.92. The first kappa shape index (κ1) is 27.6. The minimum atomic E-state index is -0.895. The highest BCUT2D eigenvalue weighted by Gasteiger charge is 2.11. The van der Waals surface area contributed by atoms with Gasteiger partial charge in [-0.05, 0) is 61.4 Å². The highest BCUT2D eigenvalue weighted by Crippen LogP contribution is 2.20. The zero-order valence-electron chi connectivity index (χ0n) is 19.5. The first-order chi connectivity index (χ1) is 17.4. The van der Waals surface area contributed by atoms with Crippen molar-refractivity contribution in [1.29, 1.82) is 0 Å².